The lowest BCUT2D eigenvalue weighted by Crippen LogP contribution is -2.47. The molecule has 0 aliphatic carbocycles. The molecule has 28 heavy (non-hydrogen) atoms. The first kappa shape index (κ1) is 27.8. The van der Waals surface area contributed by atoms with Crippen molar-refractivity contribution in [1.29, 1.82) is 0 Å². The first-order chi connectivity index (χ1) is 13.7. The van der Waals surface area contributed by atoms with Gasteiger partial charge in [-0.25, -0.2) is 0 Å². The smallest absolute Gasteiger partial charge is 0.285 e. The number of unbranched alkanes of at least 4 members (excludes halogenated alkanes) is 5. The number of ether oxygens (including phenoxy) is 4. The van der Waals surface area contributed by atoms with E-state index < -0.39 is 5.97 Å². The maximum atomic E-state index is 6.31. The number of hydrogen-bond acceptors (Lipinski definition) is 4. The molecule has 0 amide bonds. The Balaban J connectivity index is 5.07. The summed E-state index contributed by atoms with van der Waals surface area (Å²) in [6.07, 6.45) is 13.9. The van der Waals surface area contributed by atoms with E-state index in [9.17, 15) is 0 Å². The van der Waals surface area contributed by atoms with Gasteiger partial charge in [0.2, 0.25) is 0 Å². The minimum atomic E-state index is -0.891. The minimum absolute atomic E-state index is 0.254. The van der Waals surface area contributed by atoms with Crippen molar-refractivity contribution < 1.29 is 18.9 Å². The van der Waals surface area contributed by atoms with Gasteiger partial charge < -0.3 is 18.9 Å². The average molecular weight is 403 g/mol. The van der Waals surface area contributed by atoms with E-state index in [1.165, 1.54) is 38.5 Å². The maximum Gasteiger partial charge on any atom is 0.285 e. The van der Waals surface area contributed by atoms with Crippen LogP contribution in [0.25, 0.3) is 0 Å². The fourth-order valence-electron chi connectivity index (χ4n) is 3.46. The molecule has 1 atom stereocenters. The van der Waals surface area contributed by atoms with E-state index in [-0.39, 0.29) is 5.92 Å². The van der Waals surface area contributed by atoms with E-state index in [2.05, 4.69) is 34.6 Å². The summed E-state index contributed by atoms with van der Waals surface area (Å²) >= 11 is 0. The Kier molecular flexibility index (Phi) is 20.0. The fourth-order valence-corrected chi connectivity index (χ4v) is 3.46. The predicted molar refractivity (Wildman–Crippen MR) is 119 cm³/mol. The van der Waals surface area contributed by atoms with Gasteiger partial charge in [0, 0.05) is 19.1 Å². The first-order valence-corrected chi connectivity index (χ1v) is 12.2. The molecular formula is C24H50O4. The standard InChI is InChI=1S/C24H50O4/c1-6-11-12-13-14-15-17-23(18-16-22-25-10-5)24(26-19-7-2,27-20-8-3)28-21-9-4/h23H,6-22H2,1-5H3. The average Bonchev–Trinajstić information content (AvgIpc) is 2.72. The summed E-state index contributed by atoms with van der Waals surface area (Å²) in [6, 6.07) is 0. The molecule has 0 aliphatic rings. The maximum absolute atomic E-state index is 6.31. The zero-order chi connectivity index (χ0) is 20.9. The van der Waals surface area contributed by atoms with Crippen molar-refractivity contribution in [3.63, 3.8) is 0 Å². The Bertz CT molecular complexity index is 287. The molecule has 0 saturated carbocycles. The third-order valence-corrected chi connectivity index (χ3v) is 4.97. The van der Waals surface area contributed by atoms with Crippen molar-refractivity contribution in [3.05, 3.63) is 0 Å². The Morgan fingerprint density at radius 3 is 1.54 bits per heavy atom. The summed E-state index contributed by atoms with van der Waals surface area (Å²) < 4.78 is 24.5. The molecule has 0 aromatic rings. The van der Waals surface area contributed by atoms with Crippen LogP contribution in [0.15, 0.2) is 0 Å². The van der Waals surface area contributed by atoms with E-state index in [1.54, 1.807) is 0 Å². The van der Waals surface area contributed by atoms with Crippen LogP contribution in [0.5, 0.6) is 0 Å². The van der Waals surface area contributed by atoms with Crippen LogP contribution in [0.3, 0.4) is 0 Å². The third-order valence-electron chi connectivity index (χ3n) is 4.97. The largest absolute Gasteiger partial charge is 0.382 e. The Morgan fingerprint density at radius 1 is 0.536 bits per heavy atom. The lowest BCUT2D eigenvalue weighted by Gasteiger charge is -2.40. The van der Waals surface area contributed by atoms with Gasteiger partial charge >= 0.3 is 0 Å². The second-order valence-electron chi connectivity index (χ2n) is 7.74. The van der Waals surface area contributed by atoms with Crippen LogP contribution in [0, 0.1) is 5.92 Å². The van der Waals surface area contributed by atoms with Crippen LogP contribution in [-0.4, -0.2) is 39.0 Å². The monoisotopic (exact) mass is 402 g/mol. The fraction of sp³-hybridized carbons (Fsp3) is 1.00. The highest BCUT2D eigenvalue weighted by Crippen LogP contribution is 2.34. The van der Waals surface area contributed by atoms with Crippen molar-refractivity contribution >= 4 is 0 Å². The number of rotatable bonds is 22. The Hall–Kier alpha value is -0.160. The van der Waals surface area contributed by atoms with Crippen molar-refractivity contribution in [3.8, 4) is 0 Å². The highest BCUT2D eigenvalue weighted by atomic mass is 16.9. The normalized spacial score (nSPS) is 13.2. The van der Waals surface area contributed by atoms with Gasteiger partial charge in [-0.1, -0.05) is 66.2 Å². The predicted octanol–water partition coefficient (Wildman–Crippen LogP) is 7.10. The topological polar surface area (TPSA) is 36.9 Å². The summed E-state index contributed by atoms with van der Waals surface area (Å²) in [5.41, 5.74) is 0. The van der Waals surface area contributed by atoms with Crippen LogP contribution < -0.4 is 0 Å². The molecule has 4 nitrogen and oxygen atoms in total. The molecule has 0 radical (unpaired) electrons. The molecule has 0 aromatic heterocycles. The quantitative estimate of drug-likeness (QED) is 0.143. The molecule has 1 unspecified atom stereocenters. The molecule has 0 aromatic carbocycles. The zero-order valence-electron chi connectivity index (χ0n) is 19.7. The van der Waals surface area contributed by atoms with Gasteiger partial charge in [-0.2, -0.15) is 0 Å². The van der Waals surface area contributed by atoms with Crippen LogP contribution in [0.1, 0.15) is 112 Å². The first-order valence-electron chi connectivity index (χ1n) is 12.2. The Morgan fingerprint density at radius 2 is 1.04 bits per heavy atom. The molecule has 0 N–H and O–H groups in total. The minimum Gasteiger partial charge on any atom is -0.382 e. The van der Waals surface area contributed by atoms with E-state index in [1.807, 2.05) is 0 Å². The van der Waals surface area contributed by atoms with Gasteiger partial charge in [0.1, 0.15) is 0 Å². The van der Waals surface area contributed by atoms with Gasteiger partial charge in [0.05, 0.1) is 19.8 Å². The SMILES string of the molecule is CCCCCCCCC(CCCOCC)C(OCCC)(OCCC)OCCC. The Labute approximate surface area is 176 Å². The second-order valence-corrected chi connectivity index (χ2v) is 7.74. The highest BCUT2D eigenvalue weighted by Gasteiger charge is 2.41. The van der Waals surface area contributed by atoms with Gasteiger partial charge in [-0.05, 0) is 45.4 Å². The lowest BCUT2D eigenvalue weighted by molar-refractivity contribution is -0.406. The van der Waals surface area contributed by atoms with Gasteiger partial charge in [-0.15, -0.1) is 0 Å². The van der Waals surface area contributed by atoms with E-state index >= 15 is 0 Å². The molecule has 0 aliphatic heterocycles. The molecule has 0 heterocycles. The highest BCUT2D eigenvalue weighted by molar-refractivity contribution is 4.73. The lowest BCUT2D eigenvalue weighted by atomic mass is 9.93. The number of hydrogen-bond donors (Lipinski definition) is 0. The summed E-state index contributed by atoms with van der Waals surface area (Å²) in [4.78, 5) is 0. The molecular weight excluding hydrogens is 352 g/mol. The van der Waals surface area contributed by atoms with Crippen LogP contribution in [0.4, 0.5) is 0 Å². The van der Waals surface area contributed by atoms with E-state index in [4.69, 9.17) is 18.9 Å². The van der Waals surface area contributed by atoms with Crippen molar-refractivity contribution in [1.82, 2.24) is 0 Å². The van der Waals surface area contributed by atoms with Gasteiger partial charge in [0.25, 0.3) is 5.97 Å². The molecule has 170 valence electrons. The van der Waals surface area contributed by atoms with Crippen LogP contribution in [-0.2, 0) is 18.9 Å². The van der Waals surface area contributed by atoms with E-state index in [0.717, 1.165) is 51.7 Å². The van der Waals surface area contributed by atoms with Crippen molar-refractivity contribution in [2.24, 2.45) is 5.92 Å². The molecule has 0 spiro atoms. The third kappa shape index (κ3) is 13.1. The molecule has 0 saturated heterocycles. The summed E-state index contributed by atoms with van der Waals surface area (Å²) in [7, 11) is 0. The van der Waals surface area contributed by atoms with Gasteiger partial charge in [-0.3, -0.25) is 0 Å². The summed E-state index contributed by atoms with van der Waals surface area (Å²) in [5.74, 6) is -0.638. The van der Waals surface area contributed by atoms with Crippen molar-refractivity contribution in [2.75, 3.05) is 33.0 Å². The molecule has 4 heteroatoms. The van der Waals surface area contributed by atoms with Crippen molar-refractivity contribution in [2.45, 2.75) is 118 Å². The second kappa shape index (κ2) is 20.1. The molecule has 0 rings (SSSR count). The summed E-state index contributed by atoms with van der Waals surface area (Å²) in [5, 5.41) is 0. The zero-order valence-corrected chi connectivity index (χ0v) is 19.7. The van der Waals surface area contributed by atoms with Crippen LogP contribution in [0.2, 0.25) is 0 Å². The van der Waals surface area contributed by atoms with Crippen LogP contribution >= 0.6 is 0 Å². The summed E-state index contributed by atoms with van der Waals surface area (Å²) in [6.45, 7) is 14.3. The van der Waals surface area contributed by atoms with Gasteiger partial charge in [0.15, 0.2) is 0 Å². The molecule has 0 fully saturated rings. The molecule has 0 bridgehead atoms. The van der Waals surface area contributed by atoms with E-state index in [0.29, 0.717) is 19.8 Å².